The van der Waals surface area contributed by atoms with E-state index in [4.69, 9.17) is 9.56 Å². The molecule has 1 heterocycles. The number of sulfonamides is 1. The summed E-state index contributed by atoms with van der Waals surface area (Å²) < 4.78 is 27.9. The first-order chi connectivity index (χ1) is 12.9. The molecule has 3 aromatic rings. The lowest BCUT2D eigenvalue weighted by atomic mass is 10.2. The normalized spacial score (nSPS) is 11.3. The molecule has 0 spiro atoms. The van der Waals surface area contributed by atoms with Crippen LogP contribution in [-0.4, -0.2) is 30.3 Å². The summed E-state index contributed by atoms with van der Waals surface area (Å²) >= 11 is 1.12. The first kappa shape index (κ1) is 19.1. The molecule has 140 valence electrons. The second kappa shape index (κ2) is 8.33. The number of aromatic nitrogens is 2. The van der Waals surface area contributed by atoms with Gasteiger partial charge in [-0.25, -0.2) is 13.6 Å². The molecule has 2 aromatic carbocycles. The van der Waals surface area contributed by atoms with Gasteiger partial charge >= 0.3 is 0 Å². The number of nitrogens with one attached hydrogen (secondary N) is 1. The Morgan fingerprint density at radius 1 is 1.07 bits per heavy atom. The van der Waals surface area contributed by atoms with E-state index < -0.39 is 10.0 Å². The largest absolute Gasteiger partial charge is 0.416 e. The van der Waals surface area contributed by atoms with Crippen molar-refractivity contribution >= 4 is 33.4 Å². The molecule has 10 heteroatoms. The van der Waals surface area contributed by atoms with Gasteiger partial charge in [-0.05, 0) is 29.8 Å². The second-order valence-corrected chi connectivity index (χ2v) is 8.02. The van der Waals surface area contributed by atoms with Crippen LogP contribution in [0, 0.1) is 0 Å². The monoisotopic (exact) mass is 404 g/mol. The molecule has 0 radical (unpaired) electrons. The molecule has 8 nitrogen and oxygen atoms in total. The predicted molar refractivity (Wildman–Crippen MR) is 101 cm³/mol. The SMILES string of the molecule is NS(=O)(=O)c1ccc(NC(=O)CSc2nnc(Cc3ccccc3)o2)cc1. The van der Waals surface area contributed by atoms with E-state index in [-0.39, 0.29) is 16.6 Å². The third-order valence-corrected chi connectivity index (χ3v) is 5.19. The number of carbonyl (C=O) groups is 1. The Labute approximate surface area is 160 Å². The van der Waals surface area contributed by atoms with Gasteiger partial charge in [0, 0.05) is 5.69 Å². The summed E-state index contributed by atoms with van der Waals surface area (Å²) in [6, 6.07) is 15.3. The molecule has 0 aliphatic carbocycles. The van der Waals surface area contributed by atoms with Crippen LogP contribution < -0.4 is 10.5 Å². The molecule has 0 aliphatic heterocycles. The number of amides is 1. The Hall–Kier alpha value is -2.69. The van der Waals surface area contributed by atoms with E-state index in [0.717, 1.165) is 17.3 Å². The van der Waals surface area contributed by atoms with Gasteiger partial charge in [-0.15, -0.1) is 10.2 Å². The van der Waals surface area contributed by atoms with Crippen LogP contribution in [0.5, 0.6) is 0 Å². The van der Waals surface area contributed by atoms with Crippen molar-refractivity contribution in [3.05, 3.63) is 66.1 Å². The first-order valence-electron chi connectivity index (χ1n) is 7.82. The van der Waals surface area contributed by atoms with Crippen molar-refractivity contribution in [1.82, 2.24) is 10.2 Å². The number of benzene rings is 2. The topological polar surface area (TPSA) is 128 Å². The van der Waals surface area contributed by atoms with E-state index in [1.807, 2.05) is 30.3 Å². The molecule has 0 fully saturated rings. The van der Waals surface area contributed by atoms with Gasteiger partial charge in [-0.1, -0.05) is 42.1 Å². The lowest BCUT2D eigenvalue weighted by molar-refractivity contribution is -0.113. The van der Waals surface area contributed by atoms with E-state index in [1.54, 1.807) is 0 Å². The average molecular weight is 404 g/mol. The van der Waals surface area contributed by atoms with Crippen LogP contribution >= 0.6 is 11.8 Å². The third-order valence-electron chi connectivity index (χ3n) is 3.44. The van der Waals surface area contributed by atoms with Crippen molar-refractivity contribution in [3.8, 4) is 0 Å². The highest BCUT2D eigenvalue weighted by atomic mass is 32.2. The Morgan fingerprint density at radius 2 is 1.78 bits per heavy atom. The maximum atomic E-state index is 12.0. The highest BCUT2D eigenvalue weighted by molar-refractivity contribution is 7.99. The highest BCUT2D eigenvalue weighted by Gasteiger charge is 2.11. The first-order valence-corrected chi connectivity index (χ1v) is 10.4. The number of primary sulfonamides is 1. The standard InChI is InChI=1S/C17H16N4O4S2/c18-27(23,24)14-8-6-13(7-9-14)19-15(22)11-26-17-21-20-16(25-17)10-12-4-2-1-3-5-12/h1-9H,10-11H2,(H,19,22)(H2,18,23,24). The van der Waals surface area contributed by atoms with Gasteiger partial charge in [0.2, 0.25) is 21.8 Å². The molecular formula is C17H16N4O4S2. The van der Waals surface area contributed by atoms with Gasteiger partial charge < -0.3 is 9.73 Å². The summed E-state index contributed by atoms with van der Waals surface area (Å²) in [7, 11) is -3.76. The summed E-state index contributed by atoms with van der Waals surface area (Å²) in [6.07, 6.45) is 0.525. The summed E-state index contributed by atoms with van der Waals surface area (Å²) in [5.74, 6) is 0.262. The van der Waals surface area contributed by atoms with Crippen molar-refractivity contribution in [2.24, 2.45) is 5.14 Å². The molecule has 0 saturated heterocycles. The predicted octanol–water partition coefficient (Wildman–Crippen LogP) is 2.04. The van der Waals surface area contributed by atoms with Crippen LogP contribution in [0.25, 0.3) is 0 Å². The fourth-order valence-corrected chi connectivity index (χ4v) is 3.29. The molecule has 0 bridgehead atoms. The Kier molecular flexibility index (Phi) is 5.89. The maximum Gasteiger partial charge on any atom is 0.277 e. The Bertz CT molecular complexity index is 1020. The lowest BCUT2D eigenvalue weighted by Gasteiger charge is -2.05. The lowest BCUT2D eigenvalue weighted by Crippen LogP contribution is -2.15. The number of nitrogens with two attached hydrogens (primary N) is 1. The fourth-order valence-electron chi connectivity index (χ4n) is 2.19. The number of hydrogen-bond acceptors (Lipinski definition) is 7. The summed E-state index contributed by atoms with van der Waals surface area (Å²) in [5, 5.41) is 15.9. The van der Waals surface area contributed by atoms with Crippen molar-refractivity contribution in [3.63, 3.8) is 0 Å². The highest BCUT2D eigenvalue weighted by Crippen LogP contribution is 2.19. The smallest absolute Gasteiger partial charge is 0.277 e. The van der Waals surface area contributed by atoms with Crippen molar-refractivity contribution < 1.29 is 17.6 Å². The summed E-state index contributed by atoms with van der Waals surface area (Å²) in [5.41, 5.74) is 1.52. The minimum absolute atomic E-state index is 0.0216. The van der Waals surface area contributed by atoms with Gasteiger partial charge in [-0.3, -0.25) is 4.79 Å². The summed E-state index contributed by atoms with van der Waals surface area (Å²) in [4.78, 5) is 12.0. The molecule has 1 aromatic heterocycles. The number of hydrogen-bond donors (Lipinski definition) is 2. The molecule has 0 atom stereocenters. The Morgan fingerprint density at radius 3 is 2.44 bits per heavy atom. The third kappa shape index (κ3) is 5.64. The molecule has 27 heavy (non-hydrogen) atoms. The molecule has 0 unspecified atom stereocenters. The number of nitrogens with zero attached hydrogens (tertiary/aromatic N) is 2. The number of thioether (sulfide) groups is 1. The molecule has 0 saturated carbocycles. The minimum Gasteiger partial charge on any atom is -0.416 e. The maximum absolute atomic E-state index is 12.0. The van der Waals surface area contributed by atoms with Crippen LogP contribution in [0.1, 0.15) is 11.5 Å². The second-order valence-electron chi connectivity index (χ2n) is 5.53. The van der Waals surface area contributed by atoms with Crippen molar-refractivity contribution in [2.75, 3.05) is 11.1 Å². The van der Waals surface area contributed by atoms with Gasteiger partial charge in [0.15, 0.2) is 0 Å². The van der Waals surface area contributed by atoms with E-state index in [2.05, 4.69) is 15.5 Å². The van der Waals surface area contributed by atoms with Crippen LogP contribution in [0.15, 0.2) is 69.1 Å². The van der Waals surface area contributed by atoms with E-state index in [1.165, 1.54) is 24.3 Å². The van der Waals surface area contributed by atoms with E-state index in [9.17, 15) is 13.2 Å². The van der Waals surface area contributed by atoms with Crippen molar-refractivity contribution in [1.29, 1.82) is 0 Å². The fraction of sp³-hybridized carbons (Fsp3) is 0.118. The number of anilines is 1. The van der Waals surface area contributed by atoms with E-state index in [0.29, 0.717) is 23.2 Å². The molecule has 3 N–H and O–H groups in total. The molecule has 1 amide bonds. The van der Waals surface area contributed by atoms with E-state index >= 15 is 0 Å². The minimum atomic E-state index is -3.76. The molecule has 3 rings (SSSR count). The van der Waals surface area contributed by atoms with Crippen molar-refractivity contribution in [2.45, 2.75) is 16.5 Å². The quantitative estimate of drug-likeness (QED) is 0.577. The van der Waals surface area contributed by atoms with Crippen LogP contribution in [0.2, 0.25) is 0 Å². The van der Waals surface area contributed by atoms with Gasteiger partial charge in [0.25, 0.3) is 5.22 Å². The van der Waals surface area contributed by atoms with Crippen LogP contribution in [0.3, 0.4) is 0 Å². The zero-order valence-electron chi connectivity index (χ0n) is 14.0. The van der Waals surface area contributed by atoms with Crippen LogP contribution in [0.4, 0.5) is 5.69 Å². The molecule has 0 aliphatic rings. The summed E-state index contributed by atoms with van der Waals surface area (Å²) in [6.45, 7) is 0. The number of carbonyl (C=O) groups excluding carboxylic acids is 1. The zero-order valence-corrected chi connectivity index (χ0v) is 15.7. The van der Waals surface area contributed by atoms with Crippen LogP contribution in [-0.2, 0) is 21.2 Å². The van der Waals surface area contributed by atoms with Gasteiger partial charge in [0.1, 0.15) is 0 Å². The van der Waals surface area contributed by atoms with Gasteiger partial charge in [0.05, 0.1) is 17.1 Å². The number of rotatable bonds is 7. The average Bonchev–Trinajstić information content (AvgIpc) is 3.08. The zero-order chi connectivity index (χ0) is 19.3. The molecular weight excluding hydrogens is 388 g/mol. The van der Waals surface area contributed by atoms with Gasteiger partial charge in [-0.2, -0.15) is 0 Å². The Balaban J connectivity index is 1.51.